The van der Waals surface area contributed by atoms with Crippen LogP contribution in [0.2, 0.25) is 0 Å². The van der Waals surface area contributed by atoms with Crippen LogP contribution in [0.5, 0.6) is 5.75 Å². The third-order valence-corrected chi connectivity index (χ3v) is 4.61. The molecule has 3 rings (SSSR count). The lowest BCUT2D eigenvalue weighted by Crippen LogP contribution is -2.04. The van der Waals surface area contributed by atoms with Crippen molar-refractivity contribution in [1.82, 2.24) is 19.7 Å². The molecule has 0 amide bonds. The van der Waals surface area contributed by atoms with E-state index in [-0.39, 0.29) is 5.78 Å². The number of hydrogen-bond acceptors (Lipinski definition) is 6. The Morgan fingerprint density at radius 3 is 2.52 bits per heavy atom. The standard InChI is InChI=1S/C18H18N4O2S/c1-3-24-15-6-4-13(5-7-15)16(23)12-25-18-21-20-17(22(18)2)14-8-10-19-11-9-14/h4-11H,3,12H2,1-2H3. The number of ether oxygens (including phenoxy) is 1. The first-order valence-corrected chi connectivity index (χ1v) is 8.86. The van der Waals surface area contributed by atoms with E-state index in [2.05, 4.69) is 15.2 Å². The van der Waals surface area contributed by atoms with Crippen molar-refractivity contribution in [3.05, 3.63) is 54.4 Å². The van der Waals surface area contributed by atoms with Gasteiger partial charge in [-0.2, -0.15) is 0 Å². The number of ketones is 1. The number of carbonyl (C=O) groups is 1. The highest BCUT2D eigenvalue weighted by Crippen LogP contribution is 2.23. The second-order valence-electron chi connectivity index (χ2n) is 5.27. The monoisotopic (exact) mass is 354 g/mol. The predicted molar refractivity (Wildman–Crippen MR) is 96.9 cm³/mol. The van der Waals surface area contributed by atoms with Crippen molar-refractivity contribution < 1.29 is 9.53 Å². The van der Waals surface area contributed by atoms with Gasteiger partial charge >= 0.3 is 0 Å². The first-order chi connectivity index (χ1) is 12.2. The van der Waals surface area contributed by atoms with Crippen molar-refractivity contribution >= 4 is 17.5 Å². The van der Waals surface area contributed by atoms with Crippen molar-refractivity contribution in [1.29, 1.82) is 0 Å². The van der Waals surface area contributed by atoms with Gasteiger partial charge in [-0.25, -0.2) is 0 Å². The molecule has 0 spiro atoms. The zero-order valence-corrected chi connectivity index (χ0v) is 14.9. The quantitative estimate of drug-likeness (QED) is 0.479. The number of aromatic nitrogens is 4. The zero-order chi connectivity index (χ0) is 17.6. The van der Waals surface area contributed by atoms with E-state index in [0.717, 1.165) is 17.1 Å². The molecule has 2 aromatic heterocycles. The molecule has 0 bridgehead atoms. The second kappa shape index (κ2) is 7.94. The van der Waals surface area contributed by atoms with Gasteiger partial charge in [0.1, 0.15) is 5.75 Å². The van der Waals surface area contributed by atoms with Crippen LogP contribution in [0.3, 0.4) is 0 Å². The SMILES string of the molecule is CCOc1ccc(C(=O)CSc2nnc(-c3ccncc3)n2C)cc1. The third kappa shape index (κ3) is 4.06. The Morgan fingerprint density at radius 1 is 1.12 bits per heavy atom. The van der Waals surface area contributed by atoms with Gasteiger partial charge in [-0.1, -0.05) is 11.8 Å². The first kappa shape index (κ1) is 17.2. The Labute approximate surface area is 150 Å². The Balaban J connectivity index is 1.65. The van der Waals surface area contributed by atoms with Crippen LogP contribution in [0, 0.1) is 0 Å². The summed E-state index contributed by atoms with van der Waals surface area (Å²) in [6.07, 6.45) is 3.43. The van der Waals surface area contributed by atoms with Crippen molar-refractivity contribution in [2.24, 2.45) is 7.05 Å². The van der Waals surface area contributed by atoms with Gasteiger partial charge in [-0.15, -0.1) is 10.2 Å². The number of benzene rings is 1. The van der Waals surface area contributed by atoms with Gasteiger partial charge in [0.25, 0.3) is 0 Å². The summed E-state index contributed by atoms with van der Waals surface area (Å²) in [6, 6.07) is 10.9. The molecular formula is C18H18N4O2S. The van der Waals surface area contributed by atoms with Crippen LogP contribution in [0.15, 0.2) is 53.9 Å². The minimum atomic E-state index is 0.0431. The topological polar surface area (TPSA) is 69.9 Å². The third-order valence-electron chi connectivity index (χ3n) is 3.59. The minimum Gasteiger partial charge on any atom is -0.494 e. The summed E-state index contributed by atoms with van der Waals surface area (Å²) in [5.41, 5.74) is 1.60. The lowest BCUT2D eigenvalue weighted by molar-refractivity contribution is 0.102. The number of hydrogen-bond donors (Lipinski definition) is 0. The predicted octanol–water partition coefficient (Wildman–Crippen LogP) is 3.25. The summed E-state index contributed by atoms with van der Waals surface area (Å²) in [6.45, 7) is 2.53. The van der Waals surface area contributed by atoms with Crippen LogP contribution in [0.1, 0.15) is 17.3 Å². The Hall–Kier alpha value is -2.67. The fourth-order valence-corrected chi connectivity index (χ4v) is 3.12. The van der Waals surface area contributed by atoms with E-state index in [1.54, 1.807) is 24.5 Å². The number of nitrogens with zero attached hydrogens (tertiary/aromatic N) is 4. The van der Waals surface area contributed by atoms with Crippen molar-refractivity contribution in [2.45, 2.75) is 12.1 Å². The number of Topliss-reactive ketones (excluding diaryl/α,β-unsaturated/α-hetero) is 1. The molecule has 1 aromatic carbocycles. The number of rotatable bonds is 7. The maximum atomic E-state index is 12.3. The molecule has 6 nitrogen and oxygen atoms in total. The fraction of sp³-hybridized carbons (Fsp3) is 0.222. The van der Waals surface area contributed by atoms with Crippen molar-refractivity contribution in [2.75, 3.05) is 12.4 Å². The lowest BCUT2D eigenvalue weighted by Gasteiger charge is -2.05. The van der Waals surface area contributed by atoms with E-state index in [1.807, 2.05) is 42.8 Å². The summed E-state index contributed by atoms with van der Waals surface area (Å²) < 4.78 is 7.27. The summed E-state index contributed by atoms with van der Waals surface area (Å²) in [5.74, 6) is 1.86. The molecule has 128 valence electrons. The van der Waals surface area contributed by atoms with E-state index < -0.39 is 0 Å². The average molecular weight is 354 g/mol. The molecule has 3 aromatic rings. The molecule has 0 atom stereocenters. The molecule has 25 heavy (non-hydrogen) atoms. The van der Waals surface area contributed by atoms with Crippen molar-refractivity contribution in [3.63, 3.8) is 0 Å². The lowest BCUT2D eigenvalue weighted by atomic mass is 10.1. The van der Waals surface area contributed by atoms with Crippen LogP contribution in [0.4, 0.5) is 0 Å². The summed E-state index contributed by atoms with van der Waals surface area (Å²) in [5, 5.41) is 9.08. The molecule has 2 heterocycles. The maximum Gasteiger partial charge on any atom is 0.191 e. The number of thioether (sulfide) groups is 1. The van der Waals surface area contributed by atoms with Gasteiger partial charge in [-0.05, 0) is 43.3 Å². The highest BCUT2D eigenvalue weighted by Gasteiger charge is 2.13. The summed E-state index contributed by atoms with van der Waals surface area (Å²) >= 11 is 1.37. The largest absolute Gasteiger partial charge is 0.494 e. The smallest absolute Gasteiger partial charge is 0.191 e. The summed E-state index contributed by atoms with van der Waals surface area (Å²) in [4.78, 5) is 16.3. The molecule has 0 unspecified atom stereocenters. The molecular weight excluding hydrogens is 336 g/mol. The average Bonchev–Trinajstić information content (AvgIpc) is 3.02. The molecule has 0 aliphatic heterocycles. The van der Waals surface area contributed by atoms with E-state index in [9.17, 15) is 4.79 Å². The van der Waals surface area contributed by atoms with Crippen LogP contribution in [0.25, 0.3) is 11.4 Å². The van der Waals surface area contributed by atoms with Crippen molar-refractivity contribution in [3.8, 4) is 17.1 Å². The van der Waals surface area contributed by atoms with Crippen LogP contribution >= 0.6 is 11.8 Å². The normalized spacial score (nSPS) is 10.6. The molecule has 0 aliphatic carbocycles. The van der Waals surface area contributed by atoms with E-state index in [1.165, 1.54) is 11.8 Å². The van der Waals surface area contributed by atoms with E-state index in [0.29, 0.717) is 23.1 Å². The summed E-state index contributed by atoms with van der Waals surface area (Å²) in [7, 11) is 1.89. The molecule has 0 saturated carbocycles. The van der Waals surface area contributed by atoms with Gasteiger partial charge in [0.15, 0.2) is 16.8 Å². The van der Waals surface area contributed by atoms with Gasteiger partial charge in [0.2, 0.25) is 0 Å². The molecule has 0 radical (unpaired) electrons. The highest BCUT2D eigenvalue weighted by atomic mass is 32.2. The van der Waals surface area contributed by atoms with Crippen LogP contribution in [-0.4, -0.2) is 37.9 Å². The second-order valence-corrected chi connectivity index (χ2v) is 6.21. The minimum absolute atomic E-state index is 0.0431. The number of carbonyl (C=O) groups excluding carboxylic acids is 1. The van der Waals surface area contributed by atoms with E-state index >= 15 is 0 Å². The van der Waals surface area contributed by atoms with Gasteiger partial charge in [-0.3, -0.25) is 9.78 Å². The Morgan fingerprint density at radius 2 is 1.84 bits per heavy atom. The Bertz CT molecular complexity index is 847. The molecule has 7 heteroatoms. The van der Waals surface area contributed by atoms with Gasteiger partial charge in [0.05, 0.1) is 12.4 Å². The molecule has 0 aliphatic rings. The van der Waals surface area contributed by atoms with E-state index in [4.69, 9.17) is 4.74 Å². The Kier molecular flexibility index (Phi) is 5.45. The maximum absolute atomic E-state index is 12.3. The van der Waals surface area contributed by atoms with Crippen LogP contribution < -0.4 is 4.74 Å². The fourth-order valence-electron chi connectivity index (χ4n) is 2.31. The highest BCUT2D eigenvalue weighted by molar-refractivity contribution is 7.99. The van der Waals surface area contributed by atoms with Crippen LogP contribution in [-0.2, 0) is 7.05 Å². The molecule has 0 saturated heterocycles. The number of pyridine rings is 1. The molecule has 0 N–H and O–H groups in total. The first-order valence-electron chi connectivity index (χ1n) is 7.87. The zero-order valence-electron chi connectivity index (χ0n) is 14.0. The van der Waals surface area contributed by atoms with Gasteiger partial charge < -0.3 is 9.30 Å². The van der Waals surface area contributed by atoms with Gasteiger partial charge in [0, 0.05) is 30.6 Å². The molecule has 0 fully saturated rings.